The molecule has 1 N–H and O–H groups in total. The Kier molecular flexibility index (Phi) is 5.46. The lowest BCUT2D eigenvalue weighted by molar-refractivity contribution is -0.116. The van der Waals surface area contributed by atoms with Crippen molar-refractivity contribution in [3.05, 3.63) is 86.5 Å². The smallest absolute Gasteiger partial charge is 0.307 e. The minimum absolute atomic E-state index is 0.0187. The zero-order valence-electron chi connectivity index (χ0n) is 14.1. The third-order valence-electron chi connectivity index (χ3n) is 4.07. The highest BCUT2D eigenvalue weighted by Crippen LogP contribution is 2.19. The number of benzene rings is 2. The van der Waals surface area contributed by atoms with E-state index < -0.39 is 0 Å². The standard InChI is InChI=1S/C20H20N2O2S/c1-15-14-25-20(24)22(15)12-11-19(23)21-18-10-6-5-9-17(18)13-16-7-3-2-4-8-16/h2-10,14H,11-13H2,1H3,(H,21,23). The Hall–Kier alpha value is -2.66. The average molecular weight is 352 g/mol. The number of carbonyl (C=O) groups is 1. The maximum atomic E-state index is 12.3. The highest BCUT2D eigenvalue weighted by molar-refractivity contribution is 7.07. The normalized spacial score (nSPS) is 10.6. The lowest BCUT2D eigenvalue weighted by Crippen LogP contribution is -2.20. The fourth-order valence-corrected chi connectivity index (χ4v) is 3.47. The molecule has 0 aliphatic heterocycles. The number of thiazole rings is 1. The predicted molar refractivity (Wildman–Crippen MR) is 102 cm³/mol. The number of rotatable bonds is 6. The summed E-state index contributed by atoms with van der Waals surface area (Å²) in [5.41, 5.74) is 3.99. The molecule has 25 heavy (non-hydrogen) atoms. The van der Waals surface area contributed by atoms with E-state index in [1.807, 2.05) is 54.8 Å². The first-order chi connectivity index (χ1) is 12.1. The Balaban J connectivity index is 1.66. The van der Waals surface area contributed by atoms with Gasteiger partial charge in [-0.2, -0.15) is 0 Å². The quantitative estimate of drug-likeness (QED) is 0.733. The van der Waals surface area contributed by atoms with Crippen molar-refractivity contribution < 1.29 is 4.79 Å². The molecule has 2 aromatic carbocycles. The number of aryl methyl sites for hydroxylation is 1. The molecule has 5 heteroatoms. The summed E-state index contributed by atoms with van der Waals surface area (Å²) in [6.45, 7) is 2.28. The Morgan fingerprint density at radius 1 is 1.08 bits per heavy atom. The summed E-state index contributed by atoms with van der Waals surface area (Å²) in [4.78, 5) is 24.0. The van der Waals surface area contributed by atoms with Crippen molar-refractivity contribution in [1.82, 2.24) is 4.57 Å². The van der Waals surface area contributed by atoms with Crippen molar-refractivity contribution >= 4 is 22.9 Å². The fraction of sp³-hybridized carbons (Fsp3) is 0.200. The van der Waals surface area contributed by atoms with E-state index >= 15 is 0 Å². The molecule has 0 bridgehead atoms. The van der Waals surface area contributed by atoms with Crippen LogP contribution in [-0.2, 0) is 17.8 Å². The second kappa shape index (κ2) is 7.94. The molecule has 0 aliphatic rings. The van der Waals surface area contributed by atoms with Gasteiger partial charge in [-0.15, -0.1) is 0 Å². The van der Waals surface area contributed by atoms with E-state index in [1.54, 1.807) is 4.57 Å². The maximum absolute atomic E-state index is 12.3. The first-order valence-electron chi connectivity index (χ1n) is 8.20. The number of hydrogen-bond acceptors (Lipinski definition) is 3. The second-order valence-corrected chi connectivity index (χ2v) is 6.73. The number of para-hydroxylation sites is 1. The van der Waals surface area contributed by atoms with Crippen molar-refractivity contribution in [3.63, 3.8) is 0 Å². The molecular weight excluding hydrogens is 332 g/mol. The van der Waals surface area contributed by atoms with Crippen molar-refractivity contribution in [2.45, 2.75) is 26.3 Å². The number of nitrogens with zero attached hydrogens (tertiary/aromatic N) is 1. The monoisotopic (exact) mass is 352 g/mol. The molecule has 0 saturated carbocycles. The highest BCUT2D eigenvalue weighted by Gasteiger charge is 2.09. The minimum Gasteiger partial charge on any atom is -0.326 e. The number of carbonyl (C=O) groups excluding carboxylic acids is 1. The van der Waals surface area contributed by atoms with Gasteiger partial charge >= 0.3 is 4.87 Å². The second-order valence-electron chi connectivity index (χ2n) is 5.91. The summed E-state index contributed by atoms with van der Waals surface area (Å²) in [7, 11) is 0. The Morgan fingerprint density at radius 3 is 2.52 bits per heavy atom. The van der Waals surface area contributed by atoms with E-state index in [0.717, 1.165) is 23.4 Å². The van der Waals surface area contributed by atoms with Gasteiger partial charge in [-0.25, -0.2) is 0 Å². The summed E-state index contributed by atoms with van der Waals surface area (Å²) in [5.74, 6) is -0.0852. The van der Waals surface area contributed by atoms with Gasteiger partial charge in [0.05, 0.1) is 0 Å². The summed E-state index contributed by atoms with van der Waals surface area (Å²) in [6.07, 6.45) is 1.04. The molecule has 3 aromatic rings. The molecule has 1 aromatic heterocycles. The summed E-state index contributed by atoms with van der Waals surface area (Å²) >= 11 is 1.17. The molecule has 4 nitrogen and oxygen atoms in total. The molecule has 1 heterocycles. The van der Waals surface area contributed by atoms with Crippen molar-refractivity contribution in [2.24, 2.45) is 0 Å². The number of nitrogens with one attached hydrogen (secondary N) is 1. The topological polar surface area (TPSA) is 51.1 Å². The molecule has 0 unspecified atom stereocenters. The molecule has 3 rings (SSSR count). The van der Waals surface area contributed by atoms with E-state index in [-0.39, 0.29) is 17.2 Å². The van der Waals surface area contributed by atoms with Crippen LogP contribution in [0.25, 0.3) is 0 Å². The molecule has 0 atom stereocenters. The lowest BCUT2D eigenvalue weighted by Gasteiger charge is -2.12. The van der Waals surface area contributed by atoms with Gasteiger partial charge in [0.1, 0.15) is 0 Å². The largest absolute Gasteiger partial charge is 0.326 e. The van der Waals surface area contributed by atoms with Gasteiger partial charge in [0.25, 0.3) is 0 Å². The molecular formula is C20H20N2O2S. The Morgan fingerprint density at radius 2 is 1.80 bits per heavy atom. The van der Waals surface area contributed by atoms with Crippen LogP contribution in [0.1, 0.15) is 23.2 Å². The molecule has 0 spiro atoms. The molecule has 128 valence electrons. The van der Waals surface area contributed by atoms with Gasteiger partial charge < -0.3 is 9.88 Å². The van der Waals surface area contributed by atoms with E-state index in [0.29, 0.717) is 6.54 Å². The fourth-order valence-electron chi connectivity index (χ4n) is 2.71. The minimum atomic E-state index is -0.0852. The molecule has 0 radical (unpaired) electrons. The van der Waals surface area contributed by atoms with Gasteiger partial charge in [0.15, 0.2) is 0 Å². The third kappa shape index (κ3) is 4.45. The van der Waals surface area contributed by atoms with Crippen LogP contribution < -0.4 is 10.2 Å². The van der Waals surface area contributed by atoms with E-state index in [9.17, 15) is 9.59 Å². The number of aromatic nitrogens is 1. The van der Waals surface area contributed by atoms with Crippen LogP contribution in [0.2, 0.25) is 0 Å². The van der Waals surface area contributed by atoms with E-state index in [4.69, 9.17) is 0 Å². The summed E-state index contributed by atoms with van der Waals surface area (Å²) in [5, 5.41) is 4.80. The van der Waals surface area contributed by atoms with Crippen LogP contribution >= 0.6 is 11.3 Å². The van der Waals surface area contributed by atoms with Crippen LogP contribution in [0, 0.1) is 6.92 Å². The highest BCUT2D eigenvalue weighted by atomic mass is 32.1. The van der Waals surface area contributed by atoms with Gasteiger partial charge in [0.2, 0.25) is 5.91 Å². The first kappa shape index (κ1) is 17.2. The maximum Gasteiger partial charge on any atom is 0.307 e. The van der Waals surface area contributed by atoms with Crippen LogP contribution in [-0.4, -0.2) is 10.5 Å². The van der Waals surface area contributed by atoms with E-state index in [2.05, 4.69) is 17.4 Å². The molecule has 0 saturated heterocycles. The molecule has 1 amide bonds. The molecule has 0 fully saturated rings. The third-order valence-corrected chi connectivity index (χ3v) is 4.95. The zero-order valence-corrected chi connectivity index (χ0v) is 14.9. The van der Waals surface area contributed by atoms with Crippen LogP contribution in [0.4, 0.5) is 5.69 Å². The van der Waals surface area contributed by atoms with Gasteiger partial charge in [-0.3, -0.25) is 9.59 Å². The number of anilines is 1. The van der Waals surface area contributed by atoms with Gasteiger partial charge in [0, 0.05) is 29.7 Å². The van der Waals surface area contributed by atoms with Gasteiger partial charge in [-0.05, 0) is 30.5 Å². The van der Waals surface area contributed by atoms with Crippen molar-refractivity contribution in [1.29, 1.82) is 0 Å². The Bertz CT molecular complexity index is 913. The zero-order chi connectivity index (χ0) is 17.6. The SMILES string of the molecule is Cc1csc(=O)n1CCC(=O)Nc1ccccc1Cc1ccccc1. The summed E-state index contributed by atoms with van der Waals surface area (Å²) in [6, 6.07) is 18.0. The predicted octanol–water partition coefficient (Wildman–Crippen LogP) is 3.84. The van der Waals surface area contributed by atoms with Crippen molar-refractivity contribution in [2.75, 3.05) is 5.32 Å². The molecule has 0 aliphatic carbocycles. The van der Waals surface area contributed by atoms with Crippen LogP contribution in [0.3, 0.4) is 0 Å². The van der Waals surface area contributed by atoms with Crippen molar-refractivity contribution in [3.8, 4) is 0 Å². The number of hydrogen-bond donors (Lipinski definition) is 1. The average Bonchev–Trinajstić information content (AvgIpc) is 2.94. The lowest BCUT2D eigenvalue weighted by atomic mass is 10.0. The first-order valence-corrected chi connectivity index (χ1v) is 9.08. The van der Waals surface area contributed by atoms with E-state index in [1.165, 1.54) is 16.9 Å². The summed E-state index contributed by atoms with van der Waals surface area (Å²) < 4.78 is 1.64. The Labute approximate surface area is 150 Å². The van der Waals surface area contributed by atoms with Crippen LogP contribution in [0.15, 0.2) is 64.8 Å². The van der Waals surface area contributed by atoms with Crippen LogP contribution in [0.5, 0.6) is 0 Å². The number of amides is 1. The van der Waals surface area contributed by atoms with Gasteiger partial charge in [-0.1, -0.05) is 59.9 Å².